The summed E-state index contributed by atoms with van der Waals surface area (Å²) < 4.78 is 19.5. The quantitative estimate of drug-likeness (QED) is 0.754. The molecule has 6 nitrogen and oxygen atoms in total. The van der Waals surface area contributed by atoms with Gasteiger partial charge < -0.3 is 19.9 Å². The third-order valence-electron chi connectivity index (χ3n) is 5.67. The number of anilines is 2. The van der Waals surface area contributed by atoms with Crippen LogP contribution in [0.15, 0.2) is 53.1 Å². The summed E-state index contributed by atoms with van der Waals surface area (Å²) in [5.74, 6) is 0.781. The van der Waals surface area contributed by atoms with E-state index in [0.29, 0.717) is 60.4 Å². The Hall–Kier alpha value is -3.00. The van der Waals surface area contributed by atoms with E-state index in [-0.39, 0.29) is 17.6 Å². The number of thioether (sulfide) groups is 1. The minimum absolute atomic E-state index is 0.0977. The third-order valence-corrected chi connectivity index (χ3v) is 6.80. The Morgan fingerprint density at radius 1 is 1.06 bits per heavy atom. The van der Waals surface area contributed by atoms with Crippen LogP contribution in [-0.2, 0) is 9.53 Å². The van der Waals surface area contributed by atoms with Crippen LogP contribution in [-0.4, -0.2) is 55.3 Å². The van der Waals surface area contributed by atoms with Crippen molar-refractivity contribution in [2.45, 2.75) is 13.8 Å². The van der Waals surface area contributed by atoms with E-state index < -0.39 is 0 Å². The number of nitrogens with one attached hydrogen (secondary N) is 1. The number of aryl methyl sites for hydroxylation is 1. The van der Waals surface area contributed by atoms with E-state index in [1.807, 2.05) is 24.0 Å². The van der Waals surface area contributed by atoms with E-state index in [0.717, 1.165) is 11.3 Å². The molecule has 8 heteroatoms. The molecule has 0 bridgehead atoms. The number of amides is 2. The fourth-order valence-corrected chi connectivity index (χ4v) is 4.66. The van der Waals surface area contributed by atoms with Crippen molar-refractivity contribution < 1.29 is 18.7 Å². The Kier molecular flexibility index (Phi) is 6.69. The molecular weight excluding hydrogens is 429 g/mol. The van der Waals surface area contributed by atoms with Gasteiger partial charge in [-0.2, -0.15) is 0 Å². The SMILES string of the molecule is CC1=C(C(=O)Nc2cc(C(=O)N3CCN(c4ccccc4F)CC3)ccc2C)SCCO1. The number of halogens is 1. The Morgan fingerprint density at radius 2 is 1.81 bits per heavy atom. The summed E-state index contributed by atoms with van der Waals surface area (Å²) in [6.07, 6.45) is 0. The van der Waals surface area contributed by atoms with Gasteiger partial charge in [0, 0.05) is 43.2 Å². The number of rotatable bonds is 4. The van der Waals surface area contributed by atoms with Gasteiger partial charge in [-0.1, -0.05) is 18.2 Å². The number of allylic oxidation sites excluding steroid dienone is 1. The largest absolute Gasteiger partial charge is 0.496 e. The van der Waals surface area contributed by atoms with Gasteiger partial charge in [0.15, 0.2) is 0 Å². The monoisotopic (exact) mass is 455 g/mol. The number of hydrogen-bond acceptors (Lipinski definition) is 5. The van der Waals surface area contributed by atoms with Gasteiger partial charge in [0.1, 0.15) is 16.5 Å². The lowest BCUT2D eigenvalue weighted by molar-refractivity contribution is -0.112. The third kappa shape index (κ3) is 4.75. The number of nitrogens with zero attached hydrogens (tertiary/aromatic N) is 2. The highest BCUT2D eigenvalue weighted by molar-refractivity contribution is 8.04. The molecular formula is C24H26FN3O3S. The lowest BCUT2D eigenvalue weighted by Crippen LogP contribution is -2.49. The van der Waals surface area contributed by atoms with Crippen LogP contribution >= 0.6 is 11.8 Å². The van der Waals surface area contributed by atoms with Crippen molar-refractivity contribution in [3.63, 3.8) is 0 Å². The number of benzene rings is 2. The Bertz CT molecular complexity index is 1060. The van der Waals surface area contributed by atoms with Gasteiger partial charge in [-0.25, -0.2) is 4.39 Å². The zero-order chi connectivity index (χ0) is 22.7. The van der Waals surface area contributed by atoms with E-state index >= 15 is 0 Å². The first-order valence-corrected chi connectivity index (χ1v) is 11.6. The molecule has 2 aromatic rings. The highest BCUT2D eigenvalue weighted by atomic mass is 32.2. The predicted molar refractivity (Wildman–Crippen MR) is 125 cm³/mol. The van der Waals surface area contributed by atoms with Crippen LogP contribution in [0.5, 0.6) is 0 Å². The van der Waals surface area contributed by atoms with Crippen LogP contribution in [0.1, 0.15) is 22.8 Å². The minimum atomic E-state index is -0.252. The number of carbonyl (C=O) groups is 2. The van der Waals surface area contributed by atoms with Gasteiger partial charge in [-0.3, -0.25) is 9.59 Å². The number of piperazine rings is 1. The number of ether oxygens (including phenoxy) is 1. The Labute approximate surface area is 191 Å². The van der Waals surface area contributed by atoms with Gasteiger partial charge >= 0.3 is 0 Å². The second-order valence-corrected chi connectivity index (χ2v) is 8.90. The van der Waals surface area contributed by atoms with Crippen molar-refractivity contribution in [3.05, 3.63) is 70.1 Å². The van der Waals surface area contributed by atoms with Gasteiger partial charge in [-0.15, -0.1) is 11.8 Å². The predicted octanol–water partition coefficient (Wildman–Crippen LogP) is 4.03. The van der Waals surface area contributed by atoms with E-state index in [4.69, 9.17) is 4.74 Å². The first-order chi connectivity index (χ1) is 15.4. The molecule has 1 fully saturated rings. The summed E-state index contributed by atoms with van der Waals surface area (Å²) in [4.78, 5) is 30.1. The minimum Gasteiger partial charge on any atom is -0.496 e. The summed E-state index contributed by atoms with van der Waals surface area (Å²) >= 11 is 1.47. The average molecular weight is 456 g/mol. The second kappa shape index (κ2) is 9.65. The van der Waals surface area contributed by atoms with Crippen LogP contribution in [0, 0.1) is 12.7 Å². The Balaban J connectivity index is 1.43. The highest BCUT2D eigenvalue weighted by Gasteiger charge is 2.25. The molecule has 0 unspecified atom stereocenters. The van der Waals surface area contributed by atoms with Crippen molar-refractivity contribution in [1.29, 1.82) is 0 Å². The molecule has 2 amide bonds. The van der Waals surface area contributed by atoms with Crippen LogP contribution in [0.3, 0.4) is 0 Å². The fourth-order valence-electron chi connectivity index (χ4n) is 3.84. The standard InChI is InChI=1S/C24H26FN3O3S/c1-16-7-8-18(15-20(16)26-23(29)22-17(2)31-13-14-32-22)24(30)28-11-9-27(10-12-28)21-6-4-3-5-19(21)25/h3-8,15H,9-14H2,1-2H3,(H,26,29). The zero-order valence-corrected chi connectivity index (χ0v) is 19.0. The number of carbonyl (C=O) groups excluding carboxylic acids is 2. The molecule has 0 aromatic heterocycles. The van der Waals surface area contributed by atoms with Gasteiger partial charge in [0.25, 0.3) is 11.8 Å². The number of para-hydroxylation sites is 1. The molecule has 0 spiro atoms. The molecule has 0 saturated carbocycles. The van der Waals surface area contributed by atoms with E-state index in [1.165, 1.54) is 17.8 Å². The van der Waals surface area contributed by atoms with Crippen LogP contribution in [0.25, 0.3) is 0 Å². The summed E-state index contributed by atoms with van der Waals surface area (Å²) in [5.41, 5.74) is 2.56. The molecule has 2 aliphatic heterocycles. The zero-order valence-electron chi connectivity index (χ0n) is 18.2. The first kappa shape index (κ1) is 22.2. The summed E-state index contributed by atoms with van der Waals surface area (Å²) in [6.45, 7) is 6.41. The average Bonchev–Trinajstić information content (AvgIpc) is 2.81. The van der Waals surface area contributed by atoms with Crippen molar-refractivity contribution in [3.8, 4) is 0 Å². The topological polar surface area (TPSA) is 61.9 Å². The molecule has 168 valence electrons. The Morgan fingerprint density at radius 3 is 2.53 bits per heavy atom. The van der Waals surface area contributed by atoms with Crippen molar-refractivity contribution in [1.82, 2.24) is 4.90 Å². The molecule has 32 heavy (non-hydrogen) atoms. The molecule has 1 saturated heterocycles. The molecule has 0 atom stereocenters. The molecule has 2 aliphatic rings. The van der Waals surface area contributed by atoms with Crippen molar-refractivity contribution in [2.24, 2.45) is 0 Å². The van der Waals surface area contributed by atoms with Crippen molar-refractivity contribution in [2.75, 3.05) is 48.8 Å². The maximum absolute atomic E-state index is 14.1. The van der Waals surface area contributed by atoms with Crippen LogP contribution in [0.2, 0.25) is 0 Å². The fraction of sp³-hybridized carbons (Fsp3) is 0.333. The van der Waals surface area contributed by atoms with E-state index in [2.05, 4.69) is 5.32 Å². The maximum atomic E-state index is 14.1. The van der Waals surface area contributed by atoms with Crippen LogP contribution in [0.4, 0.5) is 15.8 Å². The normalized spacial score (nSPS) is 16.6. The summed E-state index contributed by atoms with van der Waals surface area (Å²) in [7, 11) is 0. The smallest absolute Gasteiger partial charge is 0.265 e. The summed E-state index contributed by atoms with van der Waals surface area (Å²) in [5, 5.41) is 2.93. The maximum Gasteiger partial charge on any atom is 0.265 e. The van der Waals surface area contributed by atoms with Gasteiger partial charge in [-0.05, 0) is 43.7 Å². The molecule has 2 heterocycles. The van der Waals surface area contributed by atoms with Gasteiger partial charge in [0.2, 0.25) is 0 Å². The van der Waals surface area contributed by atoms with E-state index in [9.17, 15) is 14.0 Å². The molecule has 4 rings (SSSR count). The molecule has 1 N–H and O–H groups in total. The molecule has 0 aliphatic carbocycles. The lowest BCUT2D eigenvalue weighted by atomic mass is 10.1. The molecule has 2 aromatic carbocycles. The highest BCUT2D eigenvalue weighted by Crippen LogP contribution is 2.28. The summed E-state index contributed by atoms with van der Waals surface area (Å²) in [6, 6.07) is 12.0. The number of hydrogen-bond donors (Lipinski definition) is 1. The lowest BCUT2D eigenvalue weighted by Gasteiger charge is -2.36. The van der Waals surface area contributed by atoms with Crippen LogP contribution < -0.4 is 10.2 Å². The van der Waals surface area contributed by atoms with Gasteiger partial charge in [0.05, 0.1) is 12.3 Å². The first-order valence-electron chi connectivity index (χ1n) is 10.6. The second-order valence-electron chi connectivity index (χ2n) is 7.80. The van der Waals surface area contributed by atoms with Crippen molar-refractivity contribution >= 4 is 35.0 Å². The molecule has 0 radical (unpaired) electrons. The van der Waals surface area contributed by atoms with E-state index in [1.54, 1.807) is 36.1 Å².